The van der Waals surface area contributed by atoms with Gasteiger partial charge in [-0.2, -0.15) is 0 Å². The highest BCUT2D eigenvalue weighted by atomic mass is 16.1. The summed E-state index contributed by atoms with van der Waals surface area (Å²) in [5.74, 6) is 1.33. The van der Waals surface area contributed by atoms with Gasteiger partial charge >= 0.3 is 0 Å². The van der Waals surface area contributed by atoms with Gasteiger partial charge in [0.05, 0.1) is 10.9 Å². The zero-order valence-corrected chi connectivity index (χ0v) is 9.99. The fourth-order valence-corrected chi connectivity index (χ4v) is 2.66. The topological polar surface area (TPSA) is 45.8 Å². The molecule has 88 valence electrons. The first kappa shape index (κ1) is 10.5. The maximum absolute atomic E-state index is 12.0. The average Bonchev–Trinajstić information content (AvgIpc) is 2.81. The van der Waals surface area contributed by atoms with Crippen LogP contribution in [0.5, 0.6) is 0 Å². The van der Waals surface area contributed by atoms with E-state index < -0.39 is 0 Å². The van der Waals surface area contributed by atoms with Crippen LogP contribution >= 0.6 is 0 Å². The van der Waals surface area contributed by atoms with Crippen LogP contribution < -0.4 is 5.56 Å². The van der Waals surface area contributed by atoms with Gasteiger partial charge in [-0.15, -0.1) is 0 Å². The number of aryl methyl sites for hydroxylation is 1. The maximum atomic E-state index is 12.0. The van der Waals surface area contributed by atoms with Crippen molar-refractivity contribution in [2.75, 3.05) is 0 Å². The molecule has 3 heteroatoms. The van der Waals surface area contributed by atoms with E-state index in [1.165, 1.54) is 12.8 Å². The van der Waals surface area contributed by atoms with Gasteiger partial charge in [-0.3, -0.25) is 4.79 Å². The number of benzene rings is 1. The third-order valence-corrected chi connectivity index (χ3v) is 3.62. The van der Waals surface area contributed by atoms with Crippen LogP contribution in [0.1, 0.15) is 43.0 Å². The highest BCUT2D eigenvalue weighted by Crippen LogP contribution is 2.31. The molecule has 0 unspecified atom stereocenters. The first-order chi connectivity index (χ1) is 8.24. The Morgan fingerprint density at radius 1 is 1.29 bits per heavy atom. The van der Waals surface area contributed by atoms with E-state index in [0.29, 0.717) is 11.3 Å². The fourth-order valence-electron chi connectivity index (χ4n) is 2.66. The van der Waals surface area contributed by atoms with Crippen LogP contribution in [0, 0.1) is 6.92 Å². The Morgan fingerprint density at radius 2 is 2.06 bits per heavy atom. The lowest BCUT2D eigenvalue weighted by molar-refractivity contribution is 0.669. The van der Waals surface area contributed by atoms with Crippen LogP contribution in [0.3, 0.4) is 0 Å². The number of nitrogens with one attached hydrogen (secondary N) is 1. The van der Waals surface area contributed by atoms with Gasteiger partial charge < -0.3 is 4.98 Å². The van der Waals surface area contributed by atoms with Gasteiger partial charge in [0.15, 0.2) is 0 Å². The van der Waals surface area contributed by atoms with Gasteiger partial charge in [-0.25, -0.2) is 4.98 Å². The average molecular weight is 228 g/mol. The molecular weight excluding hydrogens is 212 g/mol. The Balaban J connectivity index is 2.18. The minimum atomic E-state index is -0.00287. The van der Waals surface area contributed by atoms with Crippen LogP contribution in [0.25, 0.3) is 10.9 Å². The van der Waals surface area contributed by atoms with Gasteiger partial charge in [0.2, 0.25) is 0 Å². The molecule has 1 heterocycles. The lowest BCUT2D eigenvalue weighted by atomic mass is 10.1. The number of hydrogen-bond donors (Lipinski definition) is 1. The fraction of sp³-hybridized carbons (Fsp3) is 0.429. The second-order valence-electron chi connectivity index (χ2n) is 4.95. The molecule has 0 saturated heterocycles. The van der Waals surface area contributed by atoms with Crippen molar-refractivity contribution < 1.29 is 0 Å². The highest BCUT2D eigenvalue weighted by molar-refractivity contribution is 5.78. The first-order valence-corrected chi connectivity index (χ1v) is 6.24. The summed E-state index contributed by atoms with van der Waals surface area (Å²) >= 11 is 0. The molecule has 17 heavy (non-hydrogen) atoms. The molecule has 2 aromatic rings. The summed E-state index contributed by atoms with van der Waals surface area (Å²) in [5.41, 5.74) is 1.97. The molecule has 0 atom stereocenters. The molecule has 1 aromatic carbocycles. The van der Waals surface area contributed by atoms with E-state index in [-0.39, 0.29) is 5.56 Å². The third-order valence-electron chi connectivity index (χ3n) is 3.62. The Labute approximate surface area is 99.9 Å². The van der Waals surface area contributed by atoms with Gasteiger partial charge in [0.25, 0.3) is 5.56 Å². The number of nitrogens with zero attached hydrogens (tertiary/aromatic N) is 1. The van der Waals surface area contributed by atoms with E-state index >= 15 is 0 Å². The predicted octanol–water partition coefficient (Wildman–Crippen LogP) is 2.89. The summed E-state index contributed by atoms with van der Waals surface area (Å²) in [6, 6.07) is 5.80. The van der Waals surface area contributed by atoms with Crippen molar-refractivity contribution in [2.24, 2.45) is 0 Å². The van der Waals surface area contributed by atoms with Gasteiger partial charge in [-0.05, 0) is 37.5 Å². The van der Waals surface area contributed by atoms with E-state index in [2.05, 4.69) is 9.97 Å². The number of rotatable bonds is 1. The quantitative estimate of drug-likeness (QED) is 0.815. The molecular formula is C14H16N2O. The Morgan fingerprint density at radius 3 is 2.82 bits per heavy atom. The lowest BCUT2D eigenvalue weighted by Crippen LogP contribution is -2.13. The predicted molar refractivity (Wildman–Crippen MR) is 68.3 cm³/mol. The summed E-state index contributed by atoms with van der Waals surface area (Å²) < 4.78 is 0. The minimum Gasteiger partial charge on any atom is -0.310 e. The summed E-state index contributed by atoms with van der Waals surface area (Å²) in [4.78, 5) is 19.5. The zero-order valence-electron chi connectivity index (χ0n) is 9.99. The molecule has 0 spiro atoms. The van der Waals surface area contributed by atoms with Gasteiger partial charge in [0, 0.05) is 5.92 Å². The summed E-state index contributed by atoms with van der Waals surface area (Å²) in [7, 11) is 0. The number of H-pyrrole nitrogens is 1. The summed E-state index contributed by atoms with van der Waals surface area (Å²) in [6.45, 7) is 2.03. The first-order valence-electron chi connectivity index (χ1n) is 6.24. The van der Waals surface area contributed by atoms with Crippen LogP contribution in [-0.2, 0) is 0 Å². The Hall–Kier alpha value is -1.64. The van der Waals surface area contributed by atoms with Crippen LogP contribution in [0.2, 0.25) is 0 Å². The molecule has 1 aliphatic carbocycles. The standard InChI is InChI=1S/C14H16N2O/c1-9-6-7-11-12(8-9)15-13(16-14(11)17)10-4-2-3-5-10/h6-8,10H,2-5H2,1H3,(H,15,16,17). The van der Waals surface area contributed by atoms with Crippen LogP contribution in [0.15, 0.2) is 23.0 Å². The van der Waals surface area contributed by atoms with Crippen molar-refractivity contribution in [1.29, 1.82) is 0 Å². The van der Waals surface area contributed by atoms with E-state index in [9.17, 15) is 4.79 Å². The molecule has 3 rings (SSSR count). The third kappa shape index (κ3) is 1.86. The minimum absolute atomic E-state index is 0.00287. The van der Waals surface area contributed by atoms with Gasteiger partial charge in [-0.1, -0.05) is 18.9 Å². The summed E-state index contributed by atoms with van der Waals surface area (Å²) in [6.07, 6.45) is 4.81. The van der Waals surface area contributed by atoms with Crippen molar-refractivity contribution in [3.63, 3.8) is 0 Å². The molecule has 0 bridgehead atoms. The smallest absolute Gasteiger partial charge is 0.258 e. The molecule has 1 saturated carbocycles. The molecule has 1 aliphatic rings. The normalized spacial score (nSPS) is 16.8. The monoisotopic (exact) mass is 228 g/mol. The van der Waals surface area contributed by atoms with Crippen molar-refractivity contribution in [2.45, 2.75) is 38.5 Å². The second-order valence-corrected chi connectivity index (χ2v) is 4.95. The maximum Gasteiger partial charge on any atom is 0.258 e. The van der Waals surface area contributed by atoms with Crippen molar-refractivity contribution >= 4 is 10.9 Å². The molecule has 1 N–H and O–H groups in total. The van der Waals surface area contributed by atoms with Crippen LogP contribution in [0.4, 0.5) is 0 Å². The lowest BCUT2D eigenvalue weighted by Gasteiger charge is -2.09. The number of aromatic nitrogens is 2. The van der Waals surface area contributed by atoms with Crippen molar-refractivity contribution in [3.05, 3.63) is 39.9 Å². The number of fused-ring (bicyclic) bond motifs is 1. The van der Waals surface area contributed by atoms with E-state index in [0.717, 1.165) is 29.7 Å². The van der Waals surface area contributed by atoms with Crippen molar-refractivity contribution in [3.8, 4) is 0 Å². The molecule has 0 aliphatic heterocycles. The molecule has 1 aromatic heterocycles. The highest BCUT2D eigenvalue weighted by Gasteiger charge is 2.19. The molecule has 0 amide bonds. The molecule has 3 nitrogen and oxygen atoms in total. The number of hydrogen-bond acceptors (Lipinski definition) is 2. The van der Waals surface area contributed by atoms with E-state index in [4.69, 9.17) is 0 Å². The molecule has 0 radical (unpaired) electrons. The van der Waals surface area contributed by atoms with Crippen molar-refractivity contribution in [1.82, 2.24) is 9.97 Å². The van der Waals surface area contributed by atoms with Crippen LogP contribution in [-0.4, -0.2) is 9.97 Å². The Kier molecular flexibility index (Phi) is 2.46. The Bertz CT molecular complexity index is 609. The van der Waals surface area contributed by atoms with Gasteiger partial charge in [0.1, 0.15) is 5.82 Å². The second kappa shape index (κ2) is 3.99. The largest absolute Gasteiger partial charge is 0.310 e. The SMILES string of the molecule is Cc1ccc2c(=O)[nH]c(C3CCCC3)nc2c1. The van der Waals surface area contributed by atoms with E-state index in [1.54, 1.807) is 0 Å². The number of aromatic amines is 1. The van der Waals surface area contributed by atoms with E-state index in [1.807, 2.05) is 25.1 Å². The zero-order chi connectivity index (χ0) is 11.8. The molecule has 1 fully saturated rings. The summed E-state index contributed by atoms with van der Waals surface area (Å²) in [5, 5.41) is 0.692.